The summed E-state index contributed by atoms with van der Waals surface area (Å²) in [5.41, 5.74) is 1.06. The van der Waals surface area contributed by atoms with Crippen LogP contribution in [0.1, 0.15) is 73.6 Å². The van der Waals surface area contributed by atoms with Gasteiger partial charge in [-0.15, -0.1) is 0 Å². The van der Waals surface area contributed by atoms with E-state index in [1.165, 1.54) is 32.1 Å². The first-order valence-corrected chi connectivity index (χ1v) is 6.68. The van der Waals surface area contributed by atoms with Crippen LogP contribution in [0.2, 0.25) is 0 Å². The maximum atomic E-state index is 2.40. The Morgan fingerprint density at radius 3 is 1.60 bits per heavy atom. The molecule has 0 heteroatoms. The first-order valence-electron chi connectivity index (χ1n) is 6.68. The quantitative estimate of drug-likeness (QED) is 0.552. The summed E-state index contributed by atoms with van der Waals surface area (Å²) in [6.45, 7) is 14.3. The van der Waals surface area contributed by atoms with Crippen molar-refractivity contribution in [2.75, 3.05) is 0 Å². The van der Waals surface area contributed by atoms with E-state index in [2.05, 4.69) is 41.5 Å². The molecule has 90 valence electrons. The third-order valence-electron chi connectivity index (χ3n) is 3.97. The summed E-state index contributed by atoms with van der Waals surface area (Å²) in [6.07, 6.45) is 7.29. The van der Waals surface area contributed by atoms with E-state index >= 15 is 0 Å². The summed E-state index contributed by atoms with van der Waals surface area (Å²) < 4.78 is 0. The molecule has 0 N–H and O–H groups in total. The Kier molecular flexibility index (Phi) is 3.90. The highest BCUT2D eigenvalue weighted by molar-refractivity contribution is 4.82. The van der Waals surface area contributed by atoms with Gasteiger partial charge in [0.05, 0.1) is 0 Å². The Morgan fingerprint density at radius 2 is 1.27 bits per heavy atom. The van der Waals surface area contributed by atoms with E-state index in [0.717, 1.165) is 11.8 Å². The van der Waals surface area contributed by atoms with E-state index < -0.39 is 0 Å². The summed E-state index contributed by atoms with van der Waals surface area (Å²) in [4.78, 5) is 0. The van der Waals surface area contributed by atoms with Crippen molar-refractivity contribution in [3.63, 3.8) is 0 Å². The Morgan fingerprint density at radius 1 is 0.800 bits per heavy atom. The molecule has 0 heterocycles. The molecule has 0 saturated heterocycles. The van der Waals surface area contributed by atoms with Crippen LogP contribution < -0.4 is 0 Å². The largest absolute Gasteiger partial charge is 0.0602 e. The van der Waals surface area contributed by atoms with Crippen LogP contribution in [-0.4, -0.2) is 0 Å². The zero-order valence-corrected chi connectivity index (χ0v) is 11.7. The maximum Gasteiger partial charge on any atom is -0.0354 e. The van der Waals surface area contributed by atoms with Crippen molar-refractivity contribution >= 4 is 0 Å². The van der Waals surface area contributed by atoms with Crippen molar-refractivity contribution in [3.05, 3.63) is 0 Å². The van der Waals surface area contributed by atoms with Crippen LogP contribution >= 0.6 is 0 Å². The molecule has 1 rings (SSSR count). The molecule has 0 atom stereocenters. The third kappa shape index (κ3) is 4.57. The standard InChI is InChI=1S/C15H30/c1-14(2,3)11-12-7-9-13(10-8-12)15(4,5)6/h12-13H,7-11H2,1-6H3. The van der Waals surface area contributed by atoms with Crippen LogP contribution in [0.4, 0.5) is 0 Å². The molecule has 0 nitrogen and oxygen atoms in total. The van der Waals surface area contributed by atoms with Crippen molar-refractivity contribution in [2.24, 2.45) is 22.7 Å². The molecule has 0 aromatic rings. The second kappa shape index (κ2) is 4.47. The van der Waals surface area contributed by atoms with Crippen molar-refractivity contribution in [1.82, 2.24) is 0 Å². The summed E-state index contributed by atoms with van der Waals surface area (Å²) in [5, 5.41) is 0. The van der Waals surface area contributed by atoms with Gasteiger partial charge in [-0.3, -0.25) is 0 Å². The van der Waals surface area contributed by atoms with Gasteiger partial charge < -0.3 is 0 Å². The van der Waals surface area contributed by atoms with Gasteiger partial charge in [-0.05, 0) is 41.9 Å². The molecule has 1 saturated carbocycles. The van der Waals surface area contributed by atoms with Crippen LogP contribution in [0, 0.1) is 22.7 Å². The van der Waals surface area contributed by atoms with Crippen molar-refractivity contribution in [3.8, 4) is 0 Å². The van der Waals surface area contributed by atoms with Gasteiger partial charge >= 0.3 is 0 Å². The number of hydrogen-bond donors (Lipinski definition) is 0. The van der Waals surface area contributed by atoms with E-state index in [4.69, 9.17) is 0 Å². The van der Waals surface area contributed by atoms with E-state index in [1.54, 1.807) is 0 Å². The minimum absolute atomic E-state index is 0.527. The summed E-state index contributed by atoms with van der Waals surface area (Å²) in [7, 11) is 0. The molecule has 0 bridgehead atoms. The third-order valence-corrected chi connectivity index (χ3v) is 3.97. The maximum absolute atomic E-state index is 2.40. The monoisotopic (exact) mass is 210 g/mol. The van der Waals surface area contributed by atoms with Crippen molar-refractivity contribution < 1.29 is 0 Å². The van der Waals surface area contributed by atoms with E-state index in [-0.39, 0.29) is 0 Å². The first-order chi connectivity index (χ1) is 6.68. The Labute approximate surface area is 96.8 Å². The van der Waals surface area contributed by atoms with Crippen molar-refractivity contribution in [2.45, 2.75) is 73.6 Å². The van der Waals surface area contributed by atoms with E-state index in [1.807, 2.05) is 0 Å². The van der Waals surface area contributed by atoms with Gasteiger partial charge in [0.25, 0.3) is 0 Å². The molecular formula is C15H30. The summed E-state index contributed by atoms with van der Waals surface area (Å²) >= 11 is 0. The molecule has 0 spiro atoms. The lowest BCUT2D eigenvalue weighted by Gasteiger charge is -2.38. The molecule has 15 heavy (non-hydrogen) atoms. The van der Waals surface area contributed by atoms with Gasteiger partial charge in [0.1, 0.15) is 0 Å². The van der Waals surface area contributed by atoms with Crippen LogP contribution in [0.3, 0.4) is 0 Å². The second-order valence-electron chi connectivity index (χ2n) is 7.85. The lowest BCUT2D eigenvalue weighted by molar-refractivity contribution is 0.129. The Hall–Kier alpha value is 0. The highest BCUT2D eigenvalue weighted by Gasteiger charge is 2.30. The van der Waals surface area contributed by atoms with Crippen LogP contribution in [0.5, 0.6) is 0 Å². The van der Waals surface area contributed by atoms with Gasteiger partial charge in [-0.1, -0.05) is 54.4 Å². The van der Waals surface area contributed by atoms with E-state index in [9.17, 15) is 0 Å². The molecule has 1 aliphatic carbocycles. The topological polar surface area (TPSA) is 0 Å². The normalized spacial score (nSPS) is 29.2. The van der Waals surface area contributed by atoms with E-state index in [0.29, 0.717) is 10.8 Å². The molecule has 1 fully saturated rings. The van der Waals surface area contributed by atoms with Gasteiger partial charge in [0.2, 0.25) is 0 Å². The summed E-state index contributed by atoms with van der Waals surface area (Å²) in [5.74, 6) is 1.97. The van der Waals surface area contributed by atoms with Gasteiger partial charge in [0, 0.05) is 0 Å². The average molecular weight is 210 g/mol. The fourth-order valence-corrected chi connectivity index (χ4v) is 3.10. The van der Waals surface area contributed by atoms with Gasteiger partial charge in [0.15, 0.2) is 0 Å². The molecule has 0 unspecified atom stereocenters. The molecule has 0 aliphatic heterocycles. The van der Waals surface area contributed by atoms with Crippen LogP contribution in [0.15, 0.2) is 0 Å². The fourth-order valence-electron chi connectivity index (χ4n) is 3.10. The number of rotatable bonds is 1. The van der Waals surface area contributed by atoms with Crippen LogP contribution in [0.25, 0.3) is 0 Å². The molecule has 0 amide bonds. The lowest BCUT2D eigenvalue weighted by atomic mass is 9.67. The van der Waals surface area contributed by atoms with Gasteiger partial charge in [-0.2, -0.15) is 0 Å². The number of hydrogen-bond acceptors (Lipinski definition) is 0. The smallest absolute Gasteiger partial charge is 0.0354 e. The zero-order chi connectivity index (χ0) is 11.7. The Bertz CT molecular complexity index is 181. The lowest BCUT2D eigenvalue weighted by Crippen LogP contribution is -2.27. The average Bonchev–Trinajstić information content (AvgIpc) is 2.00. The van der Waals surface area contributed by atoms with Crippen molar-refractivity contribution in [1.29, 1.82) is 0 Å². The van der Waals surface area contributed by atoms with Gasteiger partial charge in [-0.25, -0.2) is 0 Å². The highest BCUT2D eigenvalue weighted by atomic mass is 14.4. The molecule has 0 aromatic heterocycles. The minimum Gasteiger partial charge on any atom is -0.0602 e. The predicted octanol–water partition coefficient (Wildman–Crippen LogP) is 5.28. The first kappa shape index (κ1) is 13.1. The summed E-state index contributed by atoms with van der Waals surface area (Å²) in [6, 6.07) is 0. The second-order valence-corrected chi connectivity index (χ2v) is 7.85. The molecule has 0 aromatic carbocycles. The SMILES string of the molecule is CC(C)(C)CC1CCC(C(C)(C)C)CC1. The predicted molar refractivity (Wildman–Crippen MR) is 69.0 cm³/mol. The zero-order valence-electron chi connectivity index (χ0n) is 11.7. The highest BCUT2D eigenvalue weighted by Crippen LogP contribution is 2.42. The molecule has 0 radical (unpaired) electrons. The molecular weight excluding hydrogens is 180 g/mol. The fraction of sp³-hybridized carbons (Fsp3) is 1.00. The van der Waals surface area contributed by atoms with Crippen LogP contribution in [-0.2, 0) is 0 Å². The minimum atomic E-state index is 0.527. The Balaban J connectivity index is 2.37. The molecule has 1 aliphatic rings.